The summed E-state index contributed by atoms with van der Waals surface area (Å²) in [6, 6.07) is 13.6. The number of rotatable bonds is 5. The highest BCUT2D eigenvalue weighted by atomic mass is 127. The number of hydrogen-bond acceptors (Lipinski definition) is 1. The van der Waals surface area contributed by atoms with Crippen molar-refractivity contribution >= 4 is 38.5 Å². The summed E-state index contributed by atoms with van der Waals surface area (Å²) in [6.07, 6.45) is 0.781. The van der Waals surface area contributed by atoms with Crippen molar-refractivity contribution in [2.24, 2.45) is 0 Å². The van der Waals surface area contributed by atoms with Gasteiger partial charge in [-0.1, -0.05) is 41.1 Å². The standard InChI is InChI=1S/C16H16BrFIN/c1-2-20-16(9-11-3-6-13(19)7-4-11)14-8-5-12(17)10-15(14)18/h3-8,10,16,20H,2,9H2,1H3. The van der Waals surface area contributed by atoms with Gasteiger partial charge in [-0.25, -0.2) is 4.39 Å². The Labute approximate surface area is 141 Å². The van der Waals surface area contributed by atoms with Gasteiger partial charge in [-0.2, -0.15) is 0 Å². The van der Waals surface area contributed by atoms with Gasteiger partial charge in [0.25, 0.3) is 0 Å². The van der Waals surface area contributed by atoms with Crippen molar-refractivity contribution in [2.75, 3.05) is 6.54 Å². The lowest BCUT2D eigenvalue weighted by atomic mass is 9.98. The van der Waals surface area contributed by atoms with Crippen LogP contribution in [0.4, 0.5) is 4.39 Å². The summed E-state index contributed by atoms with van der Waals surface area (Å²) in [5.41, 5.74) is 1.92. The molecule has 20 heavy (non-hydrogen) atoms. The van der Waals surface area contributed by atoms with E-state index in [1.54, 1.807) is 0 Å². The Morgan fingerprint density at radius 1 is 1.20 bits per heavy atom. The second-order valence-electron chi connectivity index (χ2n) is 4.61. The van der Waals surface area contributed by atoms with Crippen molar-refractivity contribution < 1.29 is 4.39 Å². The van der Waals surface area contributed by atoms with Crippen LogP contribution in [0.15, 0.2) is 46.9 Å². The summed E-state index contributed by atoms with van der Waals surface area (Å²) in [4.78, 5) is 0. The van der Waals surface area contributed by atoms with Crippen LogP contribution in [0.5, 0.6) is 0 Å². The summed E-state index contributed by atoms with van der Waals surface area (Å²) in [5.74, 6) is -0.171. The molecule has 0 fully saturated rings. The van der Waals surface area contributed by atoms with Gasteiger partial charge in [0.05, 0.1) is 0 Å². The van der Waals surface area contributed by atoms with Crippen LogP contribution in [0, 0.1) is 9.39 Å². The Balaban J connectivity index is 2.24. The molecule has 106 valence electrons. The fourth-order valence-electron chi connectivity index (χ4n) is 2.18. The maximum atomic E-state index is 14.1. The Kier molecular flexibility index (Phi) is 5.99. The quantitative estimate of drug-likeness (QED) is 0.629. The first-order valence-corrected chi connectivity index (χ1v) is 8.40. The molecular formula is C16H16BrFIN. The van der Waals surface area contributed by atoms with E-state index in [-0.39, 0.29) is 11.9 Å². The molecule has 0 spiro atoms. The molecule has 0 aliphatic heterocycles. The van der Waals surface area contributed by atoms with E-state index in [1.165, 1.54) is 15.2 Å². The lowest BCUT2D eigenvalue weighted by molar-refractivity contribution is 0.509. The fraction of sp³-hybridized carbons (Fsp3) is 0.250. The highest BCUT2D eigenvalue weighted by molar-refractivity contribution is 14.1. The molecule has 1 N–H and O–H groups in total. The molecule has 0 bridgehead atoms. The Morgan fingerprint density at radius 3 is 2.50 bits per heavy atom. The average Bonchev–Trinajstić information content (AvgIpc) is 2.41. The van der Waals surface area contributed by atoms with Crippen molar-refractivity contribution in [3.63, 3.8) is 0 Å². The minimum Gasteiger partial charge on any atom is -0.310 e. The maximum Gasteiger partial charge on any atom is 0.129 e. The third kappa shape index (κ3) is 4.27. The first kappa shape index (κ1) is 15.9. The molecule has 0 saturated carbocycles. The third-order valence-electron chi connectivity index (χ3n) is 3.14. The molecule has 2 rings (SSSR count). The predicted octanol–water partition coefficient (Wildman–Crippen LogP) is 5.09. The molecule has 0 aliphatic carbocycles. The highest BCUT2D eigenvalue weighted by Crippen LogP contribution is 2.24. The lowest BCUT2D eigenvalue weighted by Crippen LogP contribution is -2.24. The smallest absolute Gasteiger partial charge is 0.129 e. The largest absolute Gasteiger partial charge is 0.310 e. The first-order valence-electron chi connectivity index (χ1n) is 6.53. The molecule has 1 atom stereocenters. The van der Waals surface area contributed by atoms with Crippen LogP contribution in [0.3, 0.4) is 0 Å². The van der Waals surface area contributed by atoms with Crippen LogP contribution in [-0.4, -0.2) is 6.54 Å². The fourth-order valence-corrected chi connectivity index (χ4v) is 2.87. The zero-order valence-electron chi connectivity index (χ0n) is 11.2. The number of likely N-dealkylation sites (N-methyl/N-ethyl adjacent to an activating group) is 1. The van der Waals surface area contributed by atoms with E-state index < -0.39 is 0 Å². The second kappa shape index (κ2) is 7.52. The van der Waals surface area contributed by atoms with Gasteiger partial charge in [0.15, 0.2) is 0 Å². The summed E-state index contributed by atoms with van der Waals surface area (Å²) in [5, 5.41) is 3.37. The van der Waals surface area contributed by atoms with Crippen LogP contribution >= 0.6 is 38.5 Å². The molecule has 0 saturated heterocycles. The molecule has 0 aromatic heterocycles. The van der Waals surface area contributed by atoms with Crippen LogP contribution in [0.1, 0.15) is 24.1 Å². The first-order chi connectivity index (χ1) is 9.60. The third-order valence-corrected chi connectivity index (χ3v) is 4.35. The number of nitrogens with one attached hydrogen (secondary N) is 1. The molecule has 0 radical (unpaired) electrons. The molecule has 4 heteroatoms. The molecule has 2 aromatic rings. The number of hydrogen-bond donors (Lipinski definition) is 1. The van der Waals surface area contributed by atoms with E-state index in [2.05, 4.69) is 68.1 Å². The average molecular weight is 448 g/mol. The van der Waals surface area contributed by atoms with Crippen molar-refractivity contribution in [1.82, 2.24) is 5.32 Å². The van der Waals surface area contributed by atoms with E-state index in [1.807, 2.05) is 19.1 Å². The van der Waals surface area contributed by atoms with Gasteiger partial charge < -0.3 is 5.32 Å². The zero-order chi connectivity index (χ0) is 14.5. The van der Waals surface area contributed by atoms with E-state index >= 15 is 0 Å². The zero-order valence-corrected chi connectivity index (χ0v) is 14.9. The Morgan fingerprint density at radius 2 is 1.90 bits per heavy atom. The topological polar surface area (TPSA) is 12.0 Å². The highest BCUT2D eigenvalue weighted by Gasteiger charge is 2.15. The van der Waals surface area contributed by atoms with Crippen LogP contribution < -0.4 is 5.32 Å². The SMILES string of the molecule is CCNC(Cc1ccc(I)cc1)c1ccc(Br)cc1F. The number of benzene rings is 2. The van der Waals surface area contributed by atoms with Crippen molar-refractivity contribution in [1.29, 1.82) is 0 Å². The summed E-state index contributed by atoms with van der Waals surface area (Å²) in [6.45, 7) is 2.85. The molecule has 0 amide bonds. The number of halogens is 3. The van der Waals surface area contributed by atoms with Crippen LogP contribution in [-0.2, 0) is 6.42 Å². The molecule has 1 unspecified atom stereocenters. The van der Waals surface area contributed by atoms with Gasteiger partial charge in [-0.15, -0.1) is 0 Å². The summed E-state index contributed by atoms with van der Waals surface area (Å²) in [7, 11) is 0. The molecule has 0 aliphatic rings. The minimum atomic E-state index is -0.171. The van der Waals surface area contributed by atoms with Crippen molar-refractivity contribution in [3.8, 4) is 0 Å². The van der Waals surface area contributed by atoms with Gasteiger partial charge in [-0.05, 0) is 65.4 Å². The van der Waals surface area contributed by atoms with Crippen LogP contribution in [0.25, 0.3) is 0 Å². The van der Waals surface area contributed by atoms with Crippen molar-refractivity contribution in [3.05, 3.63) is 67.5 Å². The maximum absolute atomic E-state index is 14.1. The van der Waals surface area contributed by atoms with Gasteiger partial charge >= 0.3 is 0 Å². The predicted molar refractivity (Wildman–Crippen MR) is 93.4 cm³/mol. The lowest BCUT2D eigenvalue weighted by Gasteiger charge is -2.19. The summed E-state index contributed by atoms with van der Waals surface area (Å²) < 4.78 is 16.1. The molecule has 2 aromatic carbocycles. The van der Waals surface area contributed by atoms with Crippen LogP contribution in [0.2, 0.25) is 0 Å². The van der Waals surface area contributed by atoms with E-state index in [9.17, 15) is 4.39 Å². The van der Waals surface area contributed by atoms with Gasteiger partial charge in [0.1, 0.15) is 5.82 Å². The minimum absolute atomic E-state index is 0.00633. The molecule has 0 heterocycles. The Hall–Kier alpha value is -0.460. The molecule has 1 nitrogen and oxygen atoms in total. The normalized spacial score (nSPS) is 12.4. The van der Waals surface area contributed by atoms with Gasteiger partial charge in [0, 0.05) is 19.6 Å². The Bertz CT molecular complexity index is 571. The van der Waals surface area contributed by atoms with Gasteiger partial charge in [-0.3, -0.25) is 0 Å². The van der Waals surface area contributed by atoms with E-state index in [0.717, 1.165) is 17.4 Å². The van der Waals surface area contributed by atoms with E-state index in [4.69, 9.17) is 0 Å². The van der Waals surface area contributed by atoms with Crippen molar-refractivity contribution in [2.45, 2.75) is 19.4 Å². The van der Waals surface area contributed by atoms with E-state index in [0.29, 0.717) is 5.56 Å². The summed E-state index contributed by atoms with van der Waals surface area (Å²) >= 11 is 5.58. The second-order valence-corrected chi connectivity index (χ2v) is 6.77. The van der Waals surface area contributed by atoms with Gasteiger partial charge in [0.2, 0.25) is 0 Å². The monoisotopic (exact) mass is 447 g/mol. The molecular weight excluding hydrogens is 432 g/mol.